The lowest BCUT2D eigenvalue weighted by Gasteiger charge is -2.33. The predicted molar refractivity (Wildman–Crippen MR) is 115 cm³/mol. The van der Waals surface area contributed by atoms with Gasteiger partial charge in [0.2, 0.25) is 15.9 Å². The normalized spacial score (nSPS) is 16.7. The molecule has 152 valence electrons. The number of rotatable bonds is 5. The van der Waals surface area contributed by atoms with E-state index in [1.807, 2.05) is 54.1 Å². The van der Waals surface area contributed by atoms with E-state index < -0.39 is 15.3 Å². The highest BCUT2D eigenvalue weighted by Crippen LogP contribution is 2.25. The van der Waals surface area contributed by atoms with E-state index >= 15 is 0 Å². The third-order valence-electron chi connectivity index (χ3n) is 5.63. The number of para-hydroxylation sites is 2. The molecule has 1 aliphatic rings. The third-order valence-corrected chi connectivity index (χ3v) is 7.50. The zero-order valence-electron chi connectivity index (χ0n) is 16.4. The second-order valence-electron chi connectivity index (χ2n) is 7.50. The fourth-order valence-corrected chi connectivity index (χ4v) is 5.43. The summed E-state index contributed by atoms with van der Waals surface area (Å²) in [4.78, 5) is 14.8. The number of likely N-dealkylation sites (tertiary alicyclic amines) is 1. The van der Waals surface area contributed by atoms with Crippen LogP contribution in [0.15, 0.2) is 66.9 Å². The van der Waals surface area contributed by atoms with E-state index in [-0.39, 0.29) is 11.9 Å². The van der Waals surface area contributed by atoms with Gasteiger partial charge in [0, 0.05) is 30.5 Å². The summed E-state index contributed by atoms with van der Waals surface area (Å²) in [5, 5.41) is 0.610. The molecule has 1 saturated heterocycles. The summed E-state index contributed by atoms with van der Waals surface area (Å²) in [7, 11) is -3.47. The van der Waals surface area contributed by atoms with Crippen LogP contribution in [0.5, 0.6) is 0 Å². The highest BCUT2D eigenvalue weighted by molar-refractivity contribution is 7.93. The highest BCUT2D eigenvalue weighted by atomic mass is 32.2. The van der Waals surface area contributed by atoms with Gasteiger partial charge in [-0.1, -0.05) is 36.4 Å². The van der Waals surface area contributed by atoms with Crippen molar-refractivity contribution in [2.75, 3.05) is 17.8 Å². The van der Waals surface area contributed by atoms with E-state index in [2.05, 4.69) is 4.72 Å². The van der Waals surface area contributed by atoms with Gasteiger partial charge in [0.25, 0.3) is 0 Å². The Morgan fingerprint density at radius 1 is 1.00 bits per heavy atom. The number of aromatic nitrogens is 1. The Morgan fingerprint density at radius 2 is 1.66 bits per heavy atom. The summed E-state index contributed by atoms with van der Waals surface area (Å²) in [6.07, 6.45) is 2.81. The van der Waals surface area contributed by atoms with Crippen molar-refractivity contribution in [3.05, 3.63) is 66.9 Å². The molecule has 4 rings (SSSR count). The molecular weight excluding hydrogens is 386 g/mol. The van der Waals surface area contributed by atoms with E-state index in [4.69, 9.17) is 0 Å². The monoisotopic (exact) mass is 411 g/mol. The van der Waals surface area contributed by atoms with Crippen molar-refractivity contribution in [2.45, 2.75) is 31.1 Å². The van der Waals surface area contributed by atoms with Crippen LogP contribution >= 0.6 is 0 Å². The molecule has 0 radical (unpaired) electrons. The zero-order chi connectivity index (χ0) is 20.4. The molecule has 6 nitrogen and oxygen atoms in total. The number of carbonyl (C=O) groups is 1. The first-order chi connectivity index (χ1) is 14.0. The molecular formula is C22H25N3O3S. The van der Waals surface area contributed by atoms with Crippen LogP contribution in [0.3, 0.4) is 0 Å². The molecule has 1 aliphatic heterocycles. The van der Waals surface area contributed by atoms with E-state index in [0.717, 1.165) is 10.9 Å². The van der Waals surface area contributed by atoms with Gasteiger partial charge in [-0.2, -0.15) is 0 Å². The summed E-state index contributed by atoms with van der Waals surface area (Å²) in [6, 6.07) is 18.6. The number of sulfonamides is 1. The molecule has 1 atom stereocenters. The molecule has 2 heterocycles. The van der Waals surface area contributed by atoms with Crippen molar-refractivity contribution < 1.29 is 13.2 Å². The standard InChI is InChI=1S/C22H25N3O3S/c1-17(25-16-11-18-7-5-6-10-21(18)25)22(26)24-14-12-20(13-15-24)29(27,28)23-19-8-3-2-4-9-19/h2-11,16-17,20,23H,12-15H2,1H3/t17-/m0/s1. The molecule has 1 amide bonds. The lowest BCUT2D eigenvalue weighted by Crippen LogP contribution is -2.45. The molecule has 1 N–H and O–H groups in total. The average Bonchev–Trinajstić information content (AvgIpc) is 3.17. The Morgan fingerprint density at radius 3 is 2.38 bits per heavy atom. The smallest absolute Gasteiger partial charge is 0.245 e. The maximum absolute atomic E-state index is 13.0. The minimum absolute atomic E-state index is 0.0261. The van der Waals surface area contributed by atoms with Crippen LogP contribution < -0.4 is 4.72 Å². The van der Waals surface area contributed by atoms with Crippen molar-refractivity contribution >= 4 is 32.5 Å². The number of fused-ring (bicyclic) bond motifs is 1. The molecule has 0 saturated carbocycles. The van der Waals surface area contributed by atoms with Crippen LogP contribution in [-0.4, -0.2) is 42.1 Å². The molecule has 2 aromatic carbocycles. The summed E-state index contributed by atoms with van der Waals surface area (Å²) in [5.41, 5.74) is 1.59. The minimum atomic E-state index is -3.47. The number of amides is 1. The van der Waals surface area contributed by atoms with Crippen molar-refractivity contribution in [1.29, 1.82) is 0 Å². The largest absolute Gasteiger partial charge is 0.341 e. The summed E-state index contributed by atoms with van der Waals surface area (Å²) in [5.74, 6) is 0.0261. The number of carbonyl (C=O) groups excluding carboxylic acids is 1. The Bertz CT molecular complexity index is 1100. The first kappa shape index (κ1) is 19.5. The van der Waals surface area contributed by atoms with Gasteiger partial charge in [0.15, 0.2) is 0 Å². The Kier molecular flexibility index (Phi) is 5.32. The van der Waals surface area contributed by atoms with Crippen LogP contribution in [0.4, 0.5) is 5.69 Å². The van der Waals surface area contributed by atoms with Gasteiger partial charge < -0.3 is 9.47 Å². The third kappa shape index (κ3) is 4.00. The zero-order valence-corrected chi connectivity index (χ0v) is 17.2. The lowest BCUT2D eigenvalue weighted by molar-refractivity contribution is -0.135. The first-order valence-electron chi connectivity index (χ1n) is 9.87. The van der Waals surface area contributed by atoms with Crippen molar-refractivity contribution in [3.8, 4) is 0 Å². The van der Waals surface area contributed by atoms with Crippen LogP contribution in [0.25, 0.3) is 10.9 Å². The minimum Gasteiger partial charge on any atom is -0.341 e. The molecule has 0 spiro atoms. The SMILES string of the molecule is C[C@@H](C(=O)N1CCC(S(=O)(=O)Nc2ccccc2)CC1)n1ccc2ccccc21. The van der Waals surface area contributed by atoms with Gasteiger partial charge >= 0.3 is 0 Å². The quantitative estimate of drug-likeness (QED) is 0.697. The van der Waals surface area contributed by atoms with E-state index in [1.54, 1.807) is 29.2 Å². The van der Waals surface area contributed by atoms with Crippen LogP contribution in [0.1, 0.15) is 25.8 Å². The van der Waals surface area contributed by atoms with Gasteiger partial charge in [-0.25, -0.2) is 8.42 Å². The molecule has 7 heteroatoms. The molecule has 0 aliphatic carbocycles. The Hall–Kier alpha value is -2.80. The summed E-state index contributed by atoms with van der Waals surface area (Å²) < 4.78 is 30.0. The van der Waals surface area contributed by atoms with Crippen molar-refractivity contribution in [2.24, 2.45) is 0 Å². The lowest BCUT2D eigenvalue weighted by atomic mass is 10.1. The molecule has 29 heavy (non-hydrogen) atoms. The fourth-order valence-electron chi connectivity index (χ4n) is 3.97. The Labute approximate surface area is 171 Å². The average molecular weight is 412 g/mol. The Balaban J connectivity index is 1.40. The highest BCUT2D eigenvalue weighted by Gasteiger charge is 2.33. The maximum atomic E-state index is 13.0. The fraction of sp³-hybridized carbons (Fsp3) is 0.318. The van der Waals surface area contributed by atoms with Gasteiger partial charge in [0.1, 0.15) is 6.04 Å². The molecule has 0 unspecified atom stereocenters. The second kappa shape index (κ2) is 7.91. The number of hydrogen-bond acceptors (Lipinski definition) is 3. The van der Waals surface area contributed by atoms with Crippen molar-refractivity contribution in [3.63, 3.8) is 0 Å². The number of nitrogens with one attached hydrogen (secondary N) is 1. The number of piperidine rings is 1. The van der Waals surface area contributed by atoms with Gasteiger partial charge in [-0.3, -0.25) is 9.52 Å². The predicted octanol–water partition coefficient (Wildman–Crippen LogP) is 3.64. The van der Waals surface area contributed by atoms with E-state index in [9.17, 15) is 13.2 Å². The van der Waals surface area contributed by atoms with Crippen molar-refractivity contribution in [1.82, 2.24) is 9.47 Å². The van der Waals surface area contributed by atoms with Crippen LogP contribution in [0, 0.1) is 0 Å². The molecule has 1 fully saturated rings. The van der Waals surface area contributed by atoms with E-state index in [1.165, 1.54) is 0 Å². The molecule has 1 aromatic heterocycles. The van der Waals surface area contributed by atoms with Gasteiger partial charge in [-0.15, -0.1) is 0 Å². The van der Waals surface area contributed by atoms with Gasteiger partial charge in [0.05, 0.1) is 5.25 Å². The van der Waals surface area contributed by atoms with Crippen LogP contribution in [0.2, 0.25) is 0 Å². The summed E-state index contributed by atoms with van der Waals surface area (Å²) >= 11 is 0. The maximum Gasteiger partial charge on any atom is 0.245 e. The first-order valence-corrected chi connectivity index (χ1v) is 11.4. The number of hydrogen-bond donors (Lipinski definition) is 1. The topological polar surface area (TPSA) is 71.4 Å². The summed E-state index contributed by atoms with van der Waals surface area (Å²) in [6.45, 7) is 2.79. The molecule has 3 aromatic rings. The number of nitrogens with zero attached hydrogens (tertiary/aromatic N) is 2. The number of anilines is 1. The van der Waals surface area contributed by atoms with Gasteiger partial charge in [-0.05, 0) is 49.4 Å². The second-order valence-corrected chi connectivity index (χ2v) is 9.46. The molecule has 0 bridgehead atoms. The van der Waals surface area contributed by atoms with Crippen LogP contribution in [-0.2, 0) is 14.8 Å². The van der Waals surface area contributed by atoms with E-state index in [0.29, 0.717) is 31.6 Å². The number of benzene rings is 2.